The van der Waals surface area contributed by atoms with Crippen LogP contribution in [0.2, 0.25) is 5.28 Å². The smallest absolute Gasteiger partial charge is 0.242 e. The first-order valence-electron chi connectivity index (χ1n) is 4.33. The Balaban J connectivity index is 2.11. The molecular formula is C8H12ClN3. The van der Waals surface area contributed by atoms with Gasteiger partial charge in [-0.2, -0.15) is 0 Å². The van der Waals surface area contributed by atoms with Gasteiger partial charge in [-0.1, -0.05) is 6.92 Å². The van der Waals surface area contributed by atoms with E-state index in [-0.39, 0.29) is 0 Å². The molecule has 2 atom stereocenters. The van der Waals surface area contributed by atoms with Crippen molar-refractivity contribution in [2.45, 2.75) is 32.1 Å². The van der Waals surface area contributed by atoms with Crippen LogP contribution in [0.4, 0.5) is 0 Å². The number of nitrogens with zero attached hydrogens (tertiary/aromatic N) is 2. The monoisotopic (exact) mass is 185 g/mol. The lowest BCUT2D eigenvalue weighted by Crippen LogP contribution is -1.95. The van der Waals surface area contributed by atoms with E-state index in [1.165, 1.54) is 19.3 Å². The van der Waals surface area contributed by atoms with Crippen molar-refractivity contribution in [1.29, 1.82) is 0 Å². The molecule has 2 rings (SSSR count). The summed E-state index contributed by atoms with van der Waals surface area (Å²) in [5, 5.41) is 7.03. The third kappa shape index (κ3) is 1.46. The van der Waals surface area contributed by atoms with Crippen LogP contribution in [0, 0.1) is 5.92 Å². The molecule has 1 aliphatic carbocycles. The fourth-order valence-electron chi connectivity index (χ4n) is 1.89. The number of rotatable bonds is 1. The highest BCUT2D eigenvalue weighted by atomic mass is 35.5. The summed E-state index contributed by atoms with van der Waals surface area (Å²) in [6.07, 6.45) is 3.72. The first-order chi connectivity index (χ1) is 5.75. The highest BCUT2D eigenvalue weighted by molar-refractivity contribution is 6.28. The molecule has 1 N–H and O–H groups in total. The van der Waals surface area contributed by atoms with Gasteiger partial charge in [-0.25, -0.2) is 4.98 Å². The Bertz CT molecular complexity index is 271. The first kappa shape index (κ1) is 8.05. The number of aromatic nitrogens is 3. The van der Waals surface area contributed by atoms with Gasteiger partial charge in [0.2, 0.25) is 5.28 Å². The van der Waals surface area contributed by atoms with Crippen LogP contribution in [0.5, 0.6) is 0 Å². The lowest BCUT2D eigenvalue weighted by Gasteiger charge is -2.03. The van der Waals surface area contributed by atoms with Crippen molar-refractivity contribution in [2.24, 2.45) is 5.92 Å². The van der Waals surface area contributed by atoms with E-state index in [2.05, 4.69) is 22.1 Å². The Morgan fingerprint density at radius 1 is 1.50 bits per heavy atom. The number of halogens is 1. The maximum Gasteiger partial charge on any atom is 0.242 e. The molecule has 12 heavy (non-hydrogen) atoms. The largest absolute Gasteiger partial charge is 0.262 e. The molecule has 0 saturated heterocycles. The SMILES string of the molecule is CC1CCC(c2nc(Cl)n[nH]2)C1. The maximum absolute atomic E-state index is 5.62. The minimum absolute atomic E-state index is 0.338. The van der Waals surface area contributed by atoms with Crippen molar-refractivity contribution in [3.63, 3.8) is 0 Å². The minimum atomic E-state index is 0.338. The van der Waals surface area contributed by atoms with E-state index in [1.807, 2.05) is 0 Å². The van der Waals surface area contributed by atoms with E-state index in [0.29, 0.717) is 11.2 Å². The molecule has 0 spiro atoms. The summed E-state index contributed by atoms with van der Waals surface area (Å²) in [4.78, 5) is 4.13. The third-order valence-electron chi connectivity index (χ3n) is 2.56. The second kappa shape index (κ2) is 3.05. The lowest BCUT2D eigenvalue weighted by atomic mass is 10.1. The molecule has 1 aromatic rings. The Morgan fingerprint density at radius 2 is 2.33 bits per heavy atom. The summed E-state index contributed by atoms with van der Waals surface area (Å²) in [6, 6.07) is 0. The molecule has 1 aliphatic rings. The number of H-pyrrole nitrogens is 1. The van der Waals surface area contributed by atoms with Crippen LogP contribution in [-0.4, -0.2) is 15.2 Å². The third-order valence-corrected chi connectivity index (χ3v) is 2.73. The standard InChI is InChI=1S/C8H12ClN3/c1-5-2-3-6(4-5)7-10-8(9)12-11-7/h5-6H,2-4H2,1H3,(H,10,11,12). The maximum atomic E-state index is 5.62. The van der Waals surface area contributed by atoms with Crippen molar-refractivity contribution >= 4 is 11.6 Å². The van der Waals surface area contributed by atoms with Gasteiger partial charge in [0.15, 0.2) is 0 Å². The van der Waals surface area contributed by atoms with Gasteiger partial charge < -0.3 is 0 Å². The molecular weight excluding hydrogens is 174 g/mol. The summed E-state index contributed by atoms with van der Waals surface area (Å²) in [5.41, 5.74) is 0. The van der Waals surface area contributed by atoms with Crippen molar-refractivity contribution in [1.82, 2.24) is 15.2 Å². The van der Waals surface area contributed by atoms with Gasteiger partial charge >= 0.3 is 0 Å². The average molecular weight is 186 g/mol. The number of hydrogen-bond donors (Lipinski definition) is 1. The molecule has 2 unspecified atom stereocenters. The normalized spacial score (nSPS) is 29.5. The molecule has 0 amide bonds. The fourth-order valence-corrected chi connectivity index (χ4v) is 2.02. The van der Waals surface area contributed by atoms with E-state index in [9.17, 15) is 0 Å². The molecule has 1 fully saturated rings. The average Bonchev–Trinajstić information content (AvgIpc) is 2.58. The van der Waals surface area contributed by atoms with Crippen molar-refractivity contribution in [3.05, 3.63) is 11.1 Å². The van der Waals surface area contributed by atoms with Crippen LogP contribution in [0.15, 0.2) is 0 Å². The van der Waals surface area contributed by atoms with E-state index in [4.69, 9.17) is 11.6 Å². The van der Waals surface area contributed by atoms with Crippen molar-refractivity contribution in [2.75, 3.05) is 0 Å². The molecule has 0 radical (unpaired) electrons. The van der Waals surface area contributed by atoms with Crippen LogP contribution in [0.1, 0.15) is 37.9 Å². The summed E-state index contributed by atoms with van der Waals surface area (Å²) in [5.74, 6) is 2.34. The quantitative estimate of drug-likeness (QED) is 0.730. The molecule has 0 aliphatic heterocycles. The minimum Gasteiger partial charge on any atom is -0.262 e. The highest BCUT2D eigenvalue weighted by Gasteiger charge is 2.25. The van der Waals surface area contributed by atoms with Gasteiger partial charge in [-0.05, 0) is 36.8 Å². The zero-order valence-electron chi connectivity index (χ0n) is 7.05. The Morgan fingerprint density at radius 3 is 2.83 bits per heavy atom. The van der Waals surface area contributed by atoms with Crippen LogP contribution < -0.4 is 0 Å². The van der Waals surface area contributed by atoms with E-state index < -0.39 is 0 Å². The highest BCUT2D eigenvalue weighted by Crippen LogP contribution is 2.36. The lowest BCUT2D eigenvalue weighted by molar-refractivity contribution is 0.586. The molecule has 0 aromatic carbocycles. The van der Waals surface area contributed by atoms with Gasteiger partial charge in [-0.3, -0.25) is 5.10 Å². The zero-order chi connectivity index (χ0) is 8.55. The summed E-state index contributed by atoms with van der Waals surface area (Å²) in [7, 11) is 0. The summed E-state index contributed by atoms with van der Waals surface area (Å²) < 4.78 is 0. The van der Waals surface area contributed by atoms with Gasteiger partial charge in [0.25, 0.3) is 0 Å². The van der Waals surface area contributed by atoms with Crippen LogP contribution in [0.3, 0.4) is 0 Å². The predicted octanol–water partition coefficient (Wildman–Crippen LogP) is 2.36. The molecule has 4 heteroatoms. The number of nitrogens with one attached hydrogen (secondary N) is 1. The molecule has 0 bridgehead atoms. The summed E-state index contributed by atoms with van der Waals surface area (Å²) in [6.45, 7) is 2.28. The van der Waals surface area contributed by atoms with Gasteiger partial charge in [0.05, 0.1) is 0 Å². The molecule has 1 saturated carbocycles. The van der Waals surface area contributed by atoms with Crippen molar-refractivity contribution in [3.8, 4) is 0 Å². The van der Waals surface area contributed by atoms with Gasteiger partial charge in [0, 0.05) is 5.92 Å². The van der Waals surface area contributed by atoms with Crippen LogP contribution >= 0.6 is 11.6 Å². The van der Waals surface area contributed by atoms with E-state index >= 15 is 0 Å². The molecule has 3 nitrogen and oxygen atoms in total. The molecule has 1 heterocycles. The molecule has 1 aromatic heterocycles. The van der Waals surface area contributed by atoms with Gasteiger partial charge in [-0.15, -0.1) is 5.10 Å². The zero-order valence-corrected chi connectivity index (χ0v) is 7.80. The first-order valence-corrected chi connectivity index (χ1v) is 4.71. The Hall–Kier alpha value is -0.570. The second-order valence-corrected chi connectivity index (χ2v) is 3.94. The van der Waals surface area contributed by atoms with Crippen LogP contribution in [-0.2, 0) is 0 Å². The molecule has 66 valence electrons. The van der Waals surface area contributed by atoms with Gasteiger partial charge in [0.1, 0.15) is 5.82 Å². The second-order valence-electron chi connectivity index (χ2n) is 3.60. The Kier molecular flexibility index (Phi) is 2.05. The van der Waals surface area contributed by atoms with E-state index in [0.717, 1.165) is 11.7 Å². The summed E-state index contributed by atoms with van der Waals surface area (Å²) >= 11 is 5.62. The van der Waals surface area contributed by atoms with E-state index in [1.54, 1.807) is 0 Å². The Labute approximate surface area is 76.5 Å². The topological polar surface area (TPSA) is 41.6 Å². The number of hydrogen-bond acceptors (Lipinski definition) is 2. The predicted molar refractivity (Wildman–Crippen MR) is 47.1 cm³/mol. The fraction of sp³-hybridized carbons (Fsp3) is 0.750. The van der Waals surface area contributed by atoms with Crippen LogP contribution in [0.25, 0.3) is 0 Å². The van der Waals surface area contributed by atoms with Crippen molar-refractivity contribution < 1.29 is 0 Å². The number of aromatic amines is 1.